The zero-order valence-electron chi connectivity index (χ0n) is 16.1. The first-order valence-electron chi connectivity index (χ1n) is 8.76. The number of nitrogens with one attached hydrogen (secondary N) is 1. The Bertz CT molecular complexity index is 955. The standard InChI is InChI=1S/C22H24N2O2S/c1-6-8-10-18-14(3)23-12-20(18)21-13-27-22(24-21)19(16(5)26)11-17(9-7-2)15(4)25/h6,8-13,23H,1,7H2,2-5H3/b10-8-,17-9+,19-11+. The lowest BCUT2D eigenvalue weighted by Gasteiger charge is -2.02. The Morgan fingerprint density at radius 3 is 2.63 bits per heavy atom. The van der Waals surface area contributed by atoms with Crippen molar-refractivity contribution in [2.45, 2.75) is 34.1 Å². The monoisotopic (exact) mass is 380 g/mol. The summed E-state index contributed by atoms with van der Waals surface area (Å²) in [7, 11) is 0. The zero-order chi connectivity index (χ0) is 20.0. The molecule has 0 radical (unpaired) electrons. The molecule has 0 amide bonds. The Kier molecular flexibility index (Phi) is 7.02. The van der Waals surface area contributed by atoms with Crippen LogP contribution in [0.1, 0.15) is 43.5 Å². The summed E-state index contributed by atoms with van der Waals surface area (Å²) in [5, 5.41) is 2.54. The van der Waals surface area contributed by atoms with E-state index in [1.54, 1.807) is 12.2 Å². The highest BCUT2D eigenvalue weighted by molar-refractivity contribution is 7.11. The van der Waals surface area contributed by atoms with E-state index < -0.39 is 0 Å². The highest BCUT2D eigenvalue weighted by atomic mass is 32.1. The average molecular weight is 381 g/mol. The average Bonchev–Trinajstić information content (AvgIpc) is 3.23. The molecule has 2 rings (SSSR count). The molecule has 1 N–H and O–H groups in total. The van der Waals surface area contributed by atoms with Gasteiger partial charge in [0.15, 0.2) is 11.6 Å². The minimum atomic E-state index is -0.115. The fourth-order valence-corrected chi connectivity index (χ4v) is 3.53. The normalized spacial score (nSPS) is 12.6. The number of aromatic amines is 1. The summed E-state index contributed by atoms with van der Waals surface area (Å²) in [6, 6.07) is 0. The number of hydrogen-bond donors (Lipinski definition) is 1. The number of carbonyl (C=O) groups is 2. The van der Waals surface area contributed by atoms with Crippen LogP contribution in [0.15, 0.2) is 48.0 Å². The van der Waals surface area contributed by atoms with Crippen molar-refractivity contribution < 1.29 is 9.59 Å². The number of carbonyl (C=O) groups excluding carboxylic acids is 2. The molecule has 27 heavy (non-hydrogen) atoms. The summed E-state index contributed by atoms with van der Waals surface area (Å²) in [6.07, 6.45) is 11.7. The number of rotatable bonds is 8. The van der Waals surface area contributed by atoms with Crippen molar-refractivity contribution in [3.63, 3.8) is 0 Å². The van der Waals surface area contributed by atoms with Crippen molar-refractivity contribution >= 4 is 34.6 Å². The Balaban J connectivity index is 2.50. The van der Waals surface area contributed by atoms with Crippen molar-refractivity contribution in [2.75, 3.05) is 0 Å². The van der Waals surface area contributed by atoms with E-state index in [4.69, 9.17) is 0 Å². The van der Waals surface area contributed by atoms with E-state index in [1.165, 1.54) is 25.2 Å². The van der Waals surface area contributed by atoms with Gasteiger partial charge in [-0.1, -0.05) is 37.8 Å². The van der Waals surface area contributed by atoms with Gasteiger partial charge in [0.05, 0.1) is 11.3 Å². The Labute approximate surface area is 164 Å². The lowest BCUT2D eigenvalue weighted by molar-refractivity contribution is -0.113. The quantitative estimate of drug-likeness (QED) is 0.483. The molecule has 0 aliphatic carbocycles. The molecule has 0 spiro atoms. The second kappa shape index (κ2) is 9.24. The van der Waals surface area contributed by atoms with Gasteiger partial charge < -0.3 is 4.98 Å². The van der Waals surface area contributed by atoms with Crippen LogP contribution in [0.2, 0.25) is 0 Å². The molecule has 0 aliphatic heterocycles. The zero-order valence-corrected chi connectivity index (χ0v) is 16.9. The molecule has 0 aliphatic rings. The number of Topliss-reactive ketones (excluding diaryl/α,β-unsaturated/α-hetero) is 2. The second-order valence-corrected chi connectivity index (χ2v) is 6.97. The fraction of sp³-hybridized carbons (Fsp3) is 0.227. The predicted molar refractivity (Wildman–Crippen MR) is 114 cm³/mol. The van der Waals surface area contributed by atoms with E-state index >= 15 is 0 Å². The fourth-order valence-electron chi connectivity index (χ4n) is 2.64. The van der Waals surface area contributed by atoms with Crippen molar-refractivity contribution in [1.82, 2.24) is 9.97 Å². The summed E-state index contributed by atoms with van der Waals surface area (Å²) in [4.78, 5) is 31.9. The molecule has 2 aromatic rings. The van der Waals surface area contributed by atoms with Crippen LogP contribution in [0.5, 0.6) is 0 Å². The van der Waals surface area contributed by atoms with Gasteiger partial charge in [0, 0.05) is 34.0 Å². The third kappa shape index (κ3) is 4.89. The summed E-state index contributed by atoms with van der Waals surface area (Å²) in [5.74, 6) is -0.179. The van der Waals surface area contributed by atoms with Crippen LogP contribution in [0.3, 0.4) is 0 Å². The first kappa shape index (κ1) is 20.5. The summed E-state index contributed by atoms with van der Waals surface area (Å²) in [6.45, 7) is 10.7. The number of thiazole rings is 1. The van der Waals surface area contributed by atoms with E-state index in [-0.39, 0.29) is 11.6 Å². The molecular formula is C22H24N2O2S. The van der Waals surface area contributed by atoms with Crippen molar-refractivity contribution in [1.29, 1.82) is 0 Å². The summed E-state index contributed by atoms with van der Waals surface area (Å²) in [5.41, 5.74) is 4.81. The number of ketones is 2. The predicted octanol–water partition coefficient (Wildman–Crippen LogP) is 5.54. The lowest BCUT2D eigenvalue weighted by Crippen LogP contribution is -2.00. The Morgan fingerprint density at radius 2 is 2.04 bits per heavy atom. The van der Waals surface area contributed by atoms with Gasteiger partial charge in [-0.3, -0.25) is 9.59 Å². The summed E-state index contributed by atoms with van der Waals surface area (Å²) < 4.78 is 0. The van der Waals surface area contributed by atoms with Crippen LogP contribution >= 0.6 is 11.3 Å². The number of allylic oxidation sites excluding steroid dienone is 6. The SMILES string of the molecule is C=C/C=C\c1c(-c2csc(/C(=C/C(=C\CC)C(C)=O)C(C)=O)n2)c[nH]c1C. The number of nitrogens with zero attached hydrogens (tertiary/aromatic N) is 1. The maximum absolute atomic E-state index is 12.2. The van der Waals surface area contributed by atoms with E-state index in [0.717, 1.165) is 28.9 Å². The van der Waals surface area contributed by atoms with Gasteiger partial charge in [0.1, 0.15) is 5.01 Å². The maximum Gasteiger partial charge on any atom is 0.162 e. The minimum absolute atomic E-state index is 0.0644. The second-order valence-electron chi connectivity index (χ2n) is 6.11. The molecule has 2 aromatic heterocycles. The molecule has 0 atom stereocenters. The van der Waals surface area contributed by atoms with Gasteiger partial charge in [-0.05, 0) is 33.3 Å². The first-order valence-corrected chi connectivity index (χ1v) is 9.64. The smallest absolute Gasteiger partial charge is 0.162 e. The van der Waals surface area contributed by atoms with Crippen LogP contribution < -0.4 is 0 Å². The van der Waals surface area contributed by atoms with Crippen LogP contribution in [-0.4, -0.2) is 21.5 Å². The van der Waals surface area contributed by atoms with Gasteiger partial charge >= 0.3 is 0 Å². The molecule has 140 valence electrons. The van der Waals surface area contributed by atoms with E-state index in [2.05, 4.69) is 16.5 Å². The molecule has 5 heteroatoms. The van der Waals surface area contributed by atoms with Gasteiger partial charge in [-0.15, -0.1) is 11.3 Å². The van der Waals surface area contributed by atoms with Crippen LogP contribution in [0.4, 0.5) is 0 Å². The van der Waals surface area contributed by atoms with Gasteiger partial charge in [-0.25, -0.2) is 4.98 Å². The molecule has 0 bridgehead atoms. The molecule has 2 heterocycles. The molecule has 0 saturated heterocycles. The number of aryl methyl sites for hydroxylation is 1. The molecule has 0 aromatic carbocycles. The highest BCUT2D eigenvalue weighted by Crippen LogP contribution is 2.31. The van der Waals surface area contributed by atoms with Crippen molar-refractivity contribution in [2.24, 2.45) is 0 Å². The molecule has 4 nitrogen and oxygen atoms in total. The third-order valence-electron chi connectivity index (χ3n) is 4.05. The minimum Gasteiger partial charge on any atom is -0.364 e. The van der Waals surface area contributed by atoms with Crippen molar-refractivity contribution in [3.8, 4) is 11.3 Å². The number of aromatic nitrogens is 2. The van der Waals surface area contributed by atoms with Crippen LogP contribution in [0, 0.1) is 6.92 Å². The molecule has 0 unspecified atom stereocenters. The van der Waals surface area contributed by atoms with Gasteiger partial charge in [-0.2, -0.15) is 0 Å². The Hall–Kier alpha value is -2.79. The molecular weight excluding hydrogens is 356 g/mol. The summed E-state index contributed by atoms with van der Waals surface area (Å²) >= 11 is 1.40. The van der Waals surface area contributed by atoms with E-state index in [9.17, 15) is 9.59 Å². The molecule has 0 fully saturated rings. The number of hydrogen-bond acceptors (Lipinski definition) is 4. The Morgan fingerprint density at radius 1 is 1.30 bits per heavy atom. The third-order valence-corrected chi connectivity index (χ3v) is 4.92. The van der Waals surface area contributed by atoms with Gasteiger partial charge in [0.25, 0.3) is 0 Å². The first-order chi connectivity index (χ1) is 12.9. The van der Waals surface area contributed by atoms with Crippen molar-refractivity contribution in [3.05, 3.63) is 64.3 Å². The largest absolute Gasteiger partial charge is 0.364 e. The highest BCUT2D eigenvalue weighted by Gasteiger charge is 2.17. The lowest BCUT2D eigenvalue weighted by atomic mass is 10.0. The van der Waals surface area contributed by atoms with Gasteiger partial charge in [0.2, 0.25) is 0 Å². The number of H-pyrrole nitrogens is 1. The van der Waals surface area contributed by atoms with Crippen LogP contribution in [-0.2, 0) is 9.59 Å². The topological polar surface area (TPSA) is 62.8 Å². The maximum atomic E-state index is 12.2. The molecule has 0 saturated carbocycles. The van der Waals surface area contributed by atoms with Crippen LogP contribution in [0.25, 0.3) is 22.9 Å². The van der Waals surface area contributed by atoms with E-state index in [1.807, 2.05) is 43.7 Å². The van der Waals surface area contributed by atoms with E-state index in [0.29, 0.717) is 16.2 Å².